The third kappa shape index (κ3) is 7.58. The zero-order valence-electron chi connectivity index (χ0n) is 20.1. The Hall–Kier alpha value is -4.34. The van der Waals surface area contributed by atoms with Gasteiger partial charge in [-0.3, -0.25) is 14.6 Å². The van der Waals surface area contributed by atoms with Crippen molar-refractivity contribution < 1.29 is 9.59 Å². The largest absolute Gasteiger partial charge is 0.347 e. The number of halogens is 1. The number of amides is 2. The van der Waals surface area contributed by atoms with Gasteiger partial charge in [0.05, 0.1) is 5.56 Å². The second-order valence-corrected chi connectivity index (χ2v) is 9.33. The Bertz CT molecular complexity index is 1460. The Morgan fingerprint density at radius 1 is 0.868 bits per heavy atom. The number of nitrogens with zero attached hydrogens (tertiary/aromatic N) is 1. The minimum Gasteiger partial charge on any atom is -0.347 e. The van der Waals surface area contributed by atoms with E-state index in [0.717, 1.165) is 16.9 Å². The van der Waals surface area contributed by atoms with Crippen LogP contribution in [-0.4, -0.2) is 21.9 Å². The number of anilines is 2. The summed E-state index contributed by atoms with van der Waals surface area (Å²) in [6.45, 7) is 0.200. The highest BCUT2D eigenvalue weighted by atomic mass is 79.9. The highest BCUT2D eigenvalue weighted by molar-refractivity contribution is 9.10. The van der Waals surface area contributed by atoms with Crippen LogP contribution in [-0.2, 0) is 11.3 Å². The average Bonchev–Trinajstić information content (AvgIpc) is 2.93. The number of hydrogen-bond donors (Lipinski definition) is 4. The van der Waals surface area contributed by atoms with Crippen LogP contribution in [0.2, 0.25) is 0 Å². The number of hydrogen-bond acceptors (Lipinski definition) is 4. The lowest BCUT2D eigenvalue weighted by Gasteiger charge is -2.16. The first-order valence-corrected chi connectivity index (χ1v) is 12.9. The second-order valence-electron chi connectivity index (χ2n) is 8.06. The van der Waals surface area contributed by atoms with E-state index in [-0.39, 0.29) is 12.2 Å². The van der Waals surface area contributed by atoms with E-state index in [0.29, 0.717) is 20.7 Å². The van der Waals surface area contributed by atoms with Crippen molar-refractivity contribution in [1.82, 2.24) is 15.6 Å². The number of aromatic nitrogens is 1. The van der Waals surface area contributed by atoms with Crippen molar-refractivity contribution in [3.8, 4) is 0 Å². The molecule has 3 aromatic carbocycles. The first-order chi connectivity index (χ1) is 18.5. The molecule has 0 radical (unpaired) electrons. The van der Waals surface area contributed by atoms with E-state index in [9.17, 15) is 9.59 Å². The fourth-order valence-corrected chi connectivity index (χ4v) is 4.19. The Labute approximate surface area is 234 Å². The summed E-state index contributed by atoms with van der Waals surface area (Å²) in [4.78, 5) is 30.3. The monoisotopic (exact) mass is 585 g/mol. The van der Waals surface area contributed by atoms with E-state index in [2.05, 4.69) is 42.2 Å². The Balaban J connectivity index is 1.48. The molecule has 0 aliphatic rings. The average molecular weight is 587 g/mol. The molecule has 0 aliphatic heterocycles. The van der Waals surface area contributed by atoms with Gasteiger partial charge in [-0.05, 0) is 81.7 Å². The van der Waals surface area contributed by atoms with E-state index >= 15 is 0 Å². The van der Waals surface area contributed by atoms with Gasteiger partial charge in [-0.2, -0.15) is 0 Å². The van der Waals surface area contributed by atoms with Gasteiger partial charge in [0.25, 0.3) is 11.8 Å². The van der Waals surface area contributed by atoms with E-state index in [1.807, 2.05) is 60.7 Å². The molecule has 4 N–H and O–H groups in total. The van der Waals surface area contributed by atoms with Gasteiger partial charge in [0.1, 0.15) is 5.70 Å². The maximum Gasteiger partial charge on any atom is 0.268 e. The molecule has 9 heteroatoms. The van der Waals surface area contributed by atoms with Crippen molar-refractivity contribution in [3.63, 3.8) is 0 Å². The molecule has 4 rings (SSSR count). The van der Waals surface area contributed by atoms with Gasteiger partial charge in [0.15, 0.2) is 5.11 Å². The lowest BCUT2D eigenvalue weighted by molar-refractivity contribution is -0.117. The number of rotatable bonds is 8. The summed E-state index contributed by atoms with van der Waals surface area (Å²) in [5.41, 5.74) is 3.59. The third-order valence-corrected chi connectivity index (χ3v) is 6.24. The first-order valence-electron chi connectivity index (χ1n) is 11.7. The highest BCUT2D eigenvalue weighted by Gasteiger charge is 2.17. The maximum absolute atomic E-state index is 13.3. The van der Waals surface area contributed by atoms with E-state index in [4.69, 9.17) is 12.2 Å². The van der Waals surface area contributed by atoms with E-state index in [1.54, 1.807) is 48.8 Å². The topological polar surface area (TPSA) is 95.2 Å². The summed E-state index contributed by atoms with van der Waals surface area (Å²) in [6, 6.07) is 27.7. The summed E-state index contributed by atoms with van der Waals surface area (Å²) in [7, 11) is 0. The number of benzene rings is 3. The van der Waals surface area contributed by atoms with E-state index in [1.165, 1.54) is 0 Å². The third-order valence-electron chi connectivity index (χ3n) is 5.34. The molecule has 2 amide bonds. The van der Waals surface area contributed by atoms with Gasteiger partial charge in [-0.1, -0.05) is 54.6 Å². The van der Waals surface area contributed by atoms with Crippen LogP contribution in [0.3, 0.4) is 0 Å². The van der Waals surface area contributed by atoms with Crippen molar-refractivity contribution in [2.24, 2.45) is 0 Å². The molecule has 0 saturated carbocycles. The number of carbonyl (C=O) groups is 2. The molecule has 0 bridgehead atoms. The van der Waals surface area contributed by atoms with Crippen molar-refractivity contribution >= 4 is 62.5 Å². The summed E-state index contributed by atoms with van der Waals surface area (Å²) in [5, 5.41) is 12.4. The van der Waals surface area contributed by atoms with Gasteiger partial charge in [-0.15, -0.1) is 0 Å². The quantitative estimate of drug-likeness (QED) is 0.155. The standard InChI is InChI=1S/C29H24BrN5O2S/c30-24-14-6-5-13-23(24)27(36)34-26(17-20-9-8-16-31-18-20)28(37)32-19-21-10-4-7-15-25(21)35-29(38)33-22-11-2-1-3-12-22/h1-18H,19H2,(H,32,37)(H,34,36)(H2,33,35,38)/b26-17+. The number of carbonyl (C=O) groups excluding carboxylic acids is 2. The zero-order chi connectivity index (χ0) is 26.7. The van der Waals surface area contributed by atoms with Gasteiger partial charge in [0.2, 0.25) is 0 Å². The summed E-state index contributed by atoms with van der Waals surface area (Å²) >= 11 is 8.84. The van der Waals surface area contributed by atoms with Crippen LogP contribution in [0, 0.1) is 0 Å². The first kappa shape index (κ1) is 26.7. The highest BCUT2D eigenvalue weighted by Crippen LogP contribution is 2.18. The molecule has 0 unspecified atom stereocenters. The van der Waals surface area contributed by atoms with Crippen molar-refractivity contribution in [2.75, 3.05) is 10.6 Å². The lowest BCUT2D eigenvalue weighted by atomic mass is 10.1. The molecular formula is C29H24BrN5O2S. The van der Waals surface area contributed by atoms with Crippen LogP contribution >= 0.6 is 28.1 Å². The number of para-hydroxylation sites is 2. The van der Waals surface area contributed by atoms with Gasteiger partial charge in [0, 0.05) is 34.8 Å². The molecule has 0 fully saturated rings. The molecule has 0 atom stereocenters. The molecule has 190 valence electrons. The summed E-state index contributed by atoms with van der Waals surface area (Å²) in [5.74, 6) is -0.865. The van der Waals surface area contributed by atoms with Crippen LogP contribution in [0.15, 0.2) is 114 Å². The predicted octanol–water partition coefficient (Wildman–Crippen LogP) is 5.74. The number of thiocarbonyl (C=S) groups is 1. The molecule has 7 nitrogen and oxygen atoms in total. The molecular weight excluding hydrogens is 562 g/mol. The predicted molar refractivity (Wildman–Crippen MR) is 158 cm³/mol. The fraction of sp³-hybridized carbons (Fsp3) is 0.0345. The second kappa shape index (κ2) is 13.3. The Kier molecular flexibility index (Phi) is 9.33. The van der Waals surface area contributed by atoms with Crippen LogP contribution < -0.4 is 21.3 Å². The molecule has 4 aromatic rings. The van der Waals surface area contributed by atoms with Gasteiger partial charge < -0.3 is 21.3 Å². The van der Waals surface area contributed by atoms with Crippen molar-refractivity contribution in [3.05, 3.63) is 130 Å². The van der Waals surface area contributed by atoms with Gasteiger partial charge in [-0.25, -0.2) is 0 Å². The van der Waals surface area contributed by atoms with Crippen molar-refractivity contribution in [2.45, 2.75) is 6.54 Å². The SMILES string of the molecule is O=C(NCc1ccccc1NC(=S)Nc1ccccc1)/C(=C\c1cccnc1)NC(=O)c1ccccc1Br. The van der Waals surface area contributed by atoms with Crippen LogP contribution in [0.5, 0.6) is 0 Å². The summed E-state index contributed by atoms with van der Waals surface area (Å²) < 4.78 is 0.624. The van der Waals surface area contributed by atoms with Gasteiger partial charge >= 0.3 is 0 Å². The van der Waals surface area contributed by atoms with Crippen LogP contribution in [0.25, 0.3) is 6.08 Å². The number of pyridine rings is 1. The van der Waals surface area contributed by atoms with Crippen molar-refractivity contribution in [1.29, 1.82) is 0 Å². The van der Waals surface area contributed by atoms with E-state index < -0.39 is 11.8 Å². The molecule has 1 aromatic heterocycles. The zero-order valence-corrected chi connectivity index (χ0v) is 22.6. The van der Waals surface area contributed by atoms with Crippen LogP contribution in [0.1, 0.15) is 21.5 Å². The Morgan fingerprint density at radius 3 is 2.37 bits per heavy atom. The summed E-state index contributed by atoms with van der Waals surface area (Å²) in [6.07, 6.45) is 4.83. The maximum atomic E-state index is 13.3. The number of nitrogens with one attached hydrogen (secondary N) is 4. The minimum atomic E-state index is -0.450. The fourth-order valence-electron chi connectivity index (χ4n) is 3.49. The molecule has 1 heterocycles. The molecule has 0 saturated heterocycles. The molecule has 38 heavy (non-hydrogen) atoms. The smallest absolute Gasteiger partial charge is 0.268 e. The normalized spacial score (nSPS) is 10.8. The van der Waals surface area contributed by atoms with Crippen LogP contribution in [0.4, 0.5) is 11.4 Å². The Morgan fingerprint density at radius 2 is 1.61 bits per heavy atom. The molecule has 0 spiro atoms. The minimum absolute atomic E-state index is 0.0884. The molecule has 0 aliphatic carbocycles. The lowest BCUT2D eigenvalue weighted by Crippen LogP contribution is -2.35.